The van der Waals surface area contributed by atoms with Gasteiger partial charge >= 0.3 is 5.97 Å². The highest BCUT2D eigenvalue weighted by molar-refractivity contribution is 5.88. The maximum Gasteiger partial charge on any atom is 0.341 e. The third kappa shape index (κ3) is 2.62. The zero-order valence-electron chi connectivity index (χ0n) is 12.2. The van der Waals surface area contributed by atoms with Crippen LogP contribution < -0.4 is 5.32 Å². The Morgan fingerprint density at radius 1 is 1.50 bits per heavy atom. The first-order valence-electron chi connectivity index (χ1n) is 7.56. The van der Waals surface area contributed by atoms with E-state index in [1.165, 1.54) is 39.1 Å². The maximum atomic E-state index is 11.4. The van der Waals surface area contributed by atoms with Crippen molar-refractivity contribution in [3.05, 3.63) is 23.7 Å². The summed E-state index contributed by atoms with van der Waals surface area (Å²) in [6.07, 6.45) is 7.13. The monoisotopic (exact) mass is 277 g/mol. The molecule has 2 saturated carbocycles. The van der Waals surface area contributed by atoms with Crippen molar-refractivity contribution in [2.45, 2.75) is 45.2 Å². The van der Waals surface area contributed by atoms with Gasteiger partial charge in [-0.15, -0.1) is 0 Å². The van der Waals surface area contributed by atoms with Crippen LogP contribution in [0, 0.1) is 17.8 Å². The van der Waals surface area contributed by atoms with Gasteiger partial charge in [-0.05, 0) is 50.0 Å². The Morgan fingerprint density at radius 2 is 2.35 bits per heavy atom. The van der Waals surface area contributed by atoms with E-state index in [0.717, 1.165) is 23.5 Å². The van der Waals surface area contributed by atoms with Crippen LogP contribution >= 0.6 is 0 Å². The molecule has 4 unspecified atom stereocenters. The van der Waals surface area contributed by atoms with E-state index < -0.39 is 0 Å². The molecule has 0 amide bonds. The summed E-state index contributed by atoms with van der Waals surface area (Å²) in [7, 11) is 1.38. The first kappa shape index (κ1) is 13.7. The fraction of sp³-hybridized carbons (Fsp3) is 0.688. The van der Waals surface area contributed by atoms with Crippen LogP contribution in [0.25, 0.3) is 0 Å². The molecule has 110 valence electrons. The summed E-state index contributed by atoms with van der Waals surface area (Å²) >= 11 is 0. The molecule has 4 atom stereocenters. The molecule has 4 heteroatoms. The molecule has 0 spiro atoms. The van der Waals surface area contributed by atoms with Gasteiger partial charge in [0.05, 0.1) is 19.2 Å². The number of carbonyl (C=O) groups excluding carboxylic acids is 1. The molecule has 1 heterocycles. The lowest BCUT2D eigenvalue weighted by atomic mass is 9.84. The lowest BCUT2D eigenvalue weighted by Gasteiger charge is -2.28. The van der Waals surface area contributed by atoms with E-state index in [4.69, 9.17) is 4.42 Å². The Balaban J connectivity index is 1.51. The average molecular weight is 277 g/mol. The SMILES string of the molecule is COC(=O)c1coc(CNC(C)C2CC3CCC2C3)c1. The summed E-state index contributed by atoms with van der Waals surface area (Å²) in [6, 6.07) is 2.27. The van der Waals surface area contributed by atoms with Crippen molar-refractivity contribution in [2.75, 3.05) is 7.11 Å². The molecule has 2 bridgehead atoms. The largest absolute Gasteiger partial charge is 0.467 e. The Hall–Kier alpha value is -1.29. The molecule has 1 aromatic rings. The zero-order chi connectivity index (χ0) is 14.1. The zero-order valence-corrected chi connectivity index (χ0v) is 12.2. The first-order chi connectivity index (χ1) is 9.67. The third-order valence-corrected chi connectivity index (χ3v) is 5.11. The van der Waals surface area contributed by atoms with Crippen molar-refractivity contribution < 1.29 is 13.9 Å². The van der Waals surface area contributed by atoms with Gasteiger partial charge < -0.3 is 14.5 Å². The first-order valence-corrected chi connectivity index (χ1v) is 7.56. The molecule has 2 aliphatic carbocycles. The van der Waals surface area contributed by atoms with Gasteiger partial charge in [-0.25, -0.2) is 4.79 Å². The summed E-state index contributed by atoms with van der Waals surface area (Å²) in [5, 5.41) is 3.55. The highest BCUT2D eigenvalue weighted by Crippen LogP contribution is 2.49. The fourth-order valence-corrected chi connectivity index (χ4v) is 4.02. The molecule has 2 aliphatic rings. The van der Waals surface area contributed by atoms with Gasteiger partial charge in [0.25, 0.3) is 0 Å². The van der Waals surface area contributed by atoms with Gasteiger partial charge in [0.2, 0.25) is 0 Å². The Labute approximate surface area is 119 Å². The lowest BCUT2D eigenvalue weighted by Crippen LogP contribution is -2.35. The van der Waals surface area contributed by atoms with Crippen LogP contribution in [0.5, 0.6) is 0 Å². The number of nitrogens with one attached hydrogen (secondary N) is 1. The second-order valence-electron chi connectivity index (χ2n) is 6.30. The van der Waals surface area contributed by atoms with E-state index in [-0.39, 0.29) is 5.97 Å². The number of hydrogen-bond acceptors (Lipinski definition) is 4. The molecule has 2 fully saturated rings. The summed E-state index contributed by atoms with van der Waals surface area (Å²) in [5.41, 5.74) is 0.483. The number of hydrogen-bond donors (Lipinski definition) is 1. The molecular formula is C16H23NO3. The number of rotatable bonds is 5. The molecule has 0 aromatic carbocycles. The van der Waals surface area contributed by atoms with Crippen LogP contribution in [-0.2, 0) is 11.3 Å². The van der Waals surface area contributed by atoms with Crippen LogP contribution in [0.2, 0.25) is 0 Å². The van der Waals surface area contributed by atoms with Gasteiger partial charge in [-0.2, -0.15) is 0 Å². The molecular weight excluding hydrogens is 254 g/mol. The second-order valence-corrected chi connectivity index (χ2v) is 6.30. The number of ether oxygens (including phenoxy) is 1. The predicted octanol–water partition coefficient (Wildman–Crippen LogP) is 2.98. The Kier molecular flexibility index (Phi) is 3.83. The predicted molar refractivity (Wildman–Crippen MR) is 75.3 cm³/mol. The molecule has 0 saturated heterocycles. The average Bonchev–Trinajstić information content (AvgIpc) is 3.19. The standard InChI is InChI=1S/C16H23NO3/c1-10(15-6-11-3-4-12(15)5-11)17-8-14-7-13(9-20-14)16(18)19-2/h7,9-12,15,17H,3-6,8H2,1-2H3. The highest BCUT2D eigenvalue weighted by atomic mass is 16.5. The molecule has 0 aliphatic heterocycles. The van der Waals surface area contributed by atoms with Crippen LogP contribution in [0.4, 0.5) is 0 Å². The number of esters is 1. The van der Waals surface area contributed by atoms with Crippen LogP contribution in [0.3, 0.4) is 0 Å². The van der Waals surface area contributed by atoms with Crippen molar-refractivity contribution >= 4 is 5.97 Å². The molecule has 1 aromatic heterocycles. The normalized spacial score (nSPS) is 29.6. The molecule has 20 heavy (non-hydrogen) atoms. The summed E-state index contributed by atoms with van der Waals surface area (Å²) < 4.78 is 10.1. The summed E-state index contributed by atoms with van der Waals surface area (Å²) in [5.74, 6) is 3.15. The molecule has 1 N–H and O–H groups in total. The second kappa shape index (κ2) is 5.60. The minimum atomic E-state index is -0.346. The summed E-state index contributed by atoms with van der Waals surface area (Å²) in [6.45, 7) is 2.95. The number of fused-ring (bicyclic) bond motifs is 2. The highest BCUT2D eigenvalue weighted by Gasteiger charge is 2.41. The lowest BCUT2D eigenvalue weighted by molar-refractivity contribution is 0.0600. The van der Waals surface area contributed by atoms with E-state index >= 15 is 0 Å². The number of carbonyl (C=O) groups is 1. The van der Waals surface area contributed by atoms with Crippen molar-refractivity contribution in [1.82, 2.24) is 5.32 Å². The van der Waals surface area contributed by atoms with Gasteiger partial charge in [-0.3, -0.25) is 0 Å². The number of furan rings is 1. The van der Waals surface area contributed by atoms with E-state index in [0.29, 0.717) is 18.2 Å². The Morgan fingerprint density at radius 3 is 3.00 bits per heavy atom. The molecule has 3 rings (SSSR count). The van der Waals surface area contributed by atoms with E-state index in [2.05, 4.69) is 17.0 Å². The third-order valence-electron chi connectivity index (χ3n) is 5.11. The van der Waals surface area contributed by atoms with E-state index in [1.54, 1.807) is 6.07 Å². The van der Waals surface area contributed by atoms with Gasteiger partial charge in [0.15, 0.2) is 0 Å². The van der Waals surface area contributed by atoms with Crippen LogP contribution in [-0.4, -0.2) is 19.1 Å². The van der Waals surface area contributed by atoms with Crippen molar-refractivity contribution in [3.8, 4) is 0 Å². The molecule has 0 radical (unpaired) electrons. The van der Waals surface area contributed by atoms with Crippen LogP contribution in [0.1, 0.15) is 48.7 Å². The van der Waals surface area contributed by atoms with Gasteiger partial charge in [0, 0.05) is 6.04 Å². The fourth-order valence-electron chi connectivity index (χ4n) is 4.02. The van der Waals surface area contributed by atoms with Gasteiger partial charge in [-0.1, -0.05) is 6.42 Å². The van der Waals surface area contributed by atoms with E-state index in [9.17, 15) is 4.79 Å². The van der Waals surface area contributed by atoms with E-state index in [1.807, 2.05) is 0 Å². The minimum Gasteiger partial charge on any atom is -0.467 e. The summed E-state index contributed by atoms with van der Waals surface area (Å²) in [4.78, 5) is 11.4. The molecule has 4 nitrogen and oxygen atoms in total. The van der Waals surface area contributed by atoms with Crippen molar-refractivity contribution in [1.29, 1.82) is 0 Å². The van der Waals surface area contributed by atoms with Crippen molar-refractivity contribution in [3.63, 3.8) is 0 Å². The van der Waals surface area contributed by atoms with Gasteiger partial charge in [0.1, 0.15) is 12.0 Å². The number of methoxy groups -OCH3 is 1. The smallest absolute Gasteiger partial charge is 0.341 e. The Bertz CT molecular complexity index is 482. The van der Waals surface area contributed by atoms with Crippen LogP contribution in [0.15, 0.2) is 16.7 Å². The van der Waals surface area contributed by atoms with Crippen molar-refractivity contribution in [2.24, 2.45) is 17.8 Å². The maximum absolute atomic E-state index is 11.4. The quantitative estimate of drug-likeness (QED) is 0.841. The minimum absolute atomic E-state index is 0.346. The topological polar surface area (TPSA) is 51.5 Å².